The number of carbonyl (C=O) groups is 3. The highest BCUT2D eigenvalue weighted by Crippen LogP contribution is 2.38. The molecule has 0 saturated carbocycles. The molecule has 218 valence electrons. The molecule has 3 aromatic carbocycles. The summed E-state index contributed by atoms with van der Waals surface area (Å²) in [6, 6.07) is 25.0. The maximum absolute atomic E-state index is 13.5. The minimum Gasteiger partial charge on any atom is -0.463 e. The number of piperazine rings is 1. The molecule has 0 radical (unpaired) electrons. The molecule has 2 heterocycles. The lowest BCUT2D eigenvalue weighted by atomic mass is 9.83. The SMILES string of the molecule is CCOC(=O)C1=C(C)N(Cc2cccc(C(=O)N3CCN(Cc4ccccc4)CC3)c2)C(=O)CC1c1cccc(Cl)c1. The first-order chi connectivity index (χ1) is 20.3. The topological polar surface area (TPSA) is 70.2 Å². The summed E-state index contributed by atoms with van der Waals surface area (Å²) in [6.07, 6.45) is 0.123. The first kappa shape index (κ1) is 29.5. The van der Waals surface area contributed by atoms with Crippen molar-refractivity contribution in [3.8, 4) is 0 Å². The minimum atomic E-state index is -0.444. The molecule has 7 nitrogen and oxygen atoms in total. The fourth-order valence-electron chi connectivity index (χ4n) is 5.80. The van der Waals surface area contributed by atoms with Gasteiger partial charge in [-0.1, -0.05) is 66.2 Å². The zero-order valence-corrected chi connectivity index (χ0v) is 24.8. The molecule has 0 N–H and O–H groups in total. The molecule has 5 rings (SSSR count). The van der Waals surface area contributed by atoms with E-state index in [4.69, 9.17) is 16.3 Å². The number of rotatable bonds is 8. The van der Waals surface area contributed by atoms with E-state index in [0.717, 1.165) is 30.8 Å². The number of benzene rings is 3. The normalized spacial score (nSPS) is 17.9. The molecule has 3 aromatic rings. The third-order valence-electron chi connectivity index (χ3n) is 7.99. The van der Waals surface area contributed by atoms with Crippen LogP contribution in [0.25, 0.3) is 0 Å². The molecular weight excluding hydrogens is 550 g/mol. The van der Waals surface area contributed by atoms with E-state index in [9.17, 15) is 14.4 Å². The summed E-state index contributed by atoms with van der Waals surface area (Å²) in [7, 11) is 0. The Labute approximate surface area is 252 Å². The van der Waals surface area contributed by atoms with Crippen LogP contribution in [0, 0.1) is 0 Å². The second-order valence-electron chi connectivity index (χ2n) is 10.8. The Kier molecular flexibility index (Phi) is 9.40. The highest BCUT2D eigenvalue weighted by atomic mass is 35.5. The molecule has 1 fully saturated rings. The molecule has 2 amide bonds. The Morgan fingerprint density at radius 3 is 2.31 bits per heavy atom. The minimum absolute atomic E-state index is 0.0123. The molecule has 0 spiro atoms. The Morgan fingerprint density at radius 2 is 1.60 bits per heavy atom. The summed E-state index contributed by atoms with van der Waals surface area (Å²) >= 11 is 6.24. The fraction of sp³-hybridized carbons (Fsp3) is 0.324. The summed E-state index contributed by atoms with van der Waals surface area (Å²) in [6.45, 7) is 7.87. The van der Waals surface area contributed by atoms with Crippen molar-refractivity contribution < 1.29 is 19.1 Å². The second kappa shape index (κ2) is 13.4. The Bertz CT molecular complexity index is 1480. The lowest BCUT2D eigenvalue weighted by molar-refractivity contribution is -0.140. The number of esters is 1. The van der Waals surface area contributed by atoms with Gasteiger partial charge < -0.3 is 14.5 Å². The quantitative estimate of drug-likeness (QED) is 0.320. The molecule has 42 heavy (non-hydrogen) atoms. The average Bonchev–Trinajstić information content (AvgIpc) is 3.00. The van der Waals surface area contributed by atoms with Crippen molar-refractivity contribution in [2.45, 2.75) is 39.3 Å². The van der Waals surface area contributed by atoms with Crippen molar-refractivity contribution in [3.05, 3.63) is 117 Å². The van der Waals surface area contributed by atoms with Crippen LogP contribution in [0.1, 0.15) is 53.2 Å². The summed E-state index contributed by atoms with van der Waals surface area (Å²) in [5, 5.41) is 0.544. The van der Waals surface area contributed by atoms with Crippen LogP contribution in [0.5, 0.6) is 0 Å². The molecule has 1 atom stereocenters. The number of halogens is 1. The predicted octanol–water partition coefficient (Wildman–Crippen LogP) is 5.65. The van der Waals surface area contributed by atoms with Crippen molar-refractivity contribution in [2.75, 3.05) is 32.8 Å². The third-order valence-corrected chi connectivity index (χ3v) is 8.23. The zero-order valence-electron chi connectivity index (χ0n) is 24.1. The van der Waals surface area contributed by atoms with Crippen LogP contribution in [0.15, 0.2) is 90.1 Å². The van der Waals surface area contributed by atoms with Gasteiger partial charge in [-0.15, -0.1) is 0 Å². The van der Waals surface area contributed by atoms with E-state index < -0.39 is 11.9 Å². The maximum Gasteiger partial charge on any atom is 0.336 e. The van der Waals surface area contributed by atoms with E-state index >= 15 is 0 Å². The lowest BCUT2D eigenvalue weighted by Crippen LogP contribution is -2.48. The molecule has 2 aliphatic rings. The number of ether oxygens (including phenoxy) is 1. The summed E-state index contributed by atoms with van der Waals surface area (Å²) < 4.78 is 5.40. The van der Waals surface area contributed by atoms with Gasteiger partial charge in [-0.3, -0.25) is 14.5 Å². The van der Waals surface area contributed by atoms with Crippen LogP contribution >= 0.6 is 11.6 Å². The summed E-state index contributed by atoms with van der Waals surface area (Å²) in [5.41, 5.74) is 4.50. The lowest BCUT2D eigenvalue weighted by Gasteiger charge is -2.35. The monoisotopic (exact) mass is 585 g/mol. The highest BCUT2D eigenvalue weighted by molar-refractivity contribution is 6.30. The highest BCUT2D eigenvalue weighted by Gasteiger charge is 2.37. The number of nitrogens with zero attached hydrogens (tertiary/aromatic N) is 3. The molecule has 1 unspecified atom stereocenters. The Morgan fingerprint density at radius 1 is 0.881 bits per heavy atom. The van der Waals surface area contributed by atoms with Crippen LogP contribution in [0.2, 0.25) is 5.02 Å². The first-order valence-corrected chi connectivity index (χ1v) is 14.8. The predicted molar refractivity (Wildman–Crippen MR) is 163 cm³/mol. The first-order valence-electron chi connectivity index (χ1n) is 14.4. The van der Waals surface area contributed by atoms with Gasteiger partial charge in [-0.2, -0.15) is 0 Å². The Hall–Kier alpha value is -3.94. The number of allylic oxidation sites excluding steroid dienone is 1. The number of carbonyl (C=O) groups excluding carboxylic acids is 3. The van der Waals surface area contributed by atoms with E-state index in [1.54, 1.807) is 30.9 Å². The van der Waals surface area contributed by atoms with Crippen molar-refractivity contribution in [1.29, 1.82) is 0 Å². The van der Waals surface area contributed by atoms with Crippen LogP contribution in [0.4, 0.5) is 0 Å². The largest absolute Gasteiger partial charge is 0.463 e. The molecule has 8 heteroatoms. The van der Waals surface area contributed by atoms with E-state index in [2.05, 4.69) is 17.0 Å². The van der Waals surface area contributed by atoms with Crippen molar-refractivity contribution >= 4 is 29.4 Å². The van der Waals surface area contributed by atoms with Gasteiger partial charge in [0, 0.05) is 61.3 Å². The van der Waals surface area contributed by atoms with Crippen molar-refractivity contribution in [3.63, 3.8) is 0 Å². The van der Waals surface area contributed by atoms with Gasteiger partial charge in [0.25, 0.3) is 5.91 Å². The summed E-state index contributed by atoms with van der Waals surface area (Å²) in [5.74, 6) is -0.994. The smallest absolute Gasteiger partial charge is 0.336 e. The third kappa shape index (κ3) is 6.75. The van der Waals surface area contributed by atoms with E-state index in [1.807, 2.05) is 59.5 Å². The van der Waals surface area contributed by atoms with Crippen LogP contribution in [0.3, 0.4) is 0 Å². The van der Waals surface area contributed by atoms with Gasteiger partial charge in [-0.05, 0) is 54.8 Å². The van der Waals surface area contributed by atoms with Gasteiger partial charge in [0.15, 0.2) is 0 Å². The zero-order chi connectivity index (χ0) is 29.6. The molecule has 0 bridgehead atoms. The van der Waals surface area contributed by atoms with Gasteiger partial charge >= 0.3 is 5.97 Å². The van der Waals surface area contributed by atoms with Crippen LogP contribution < -0.4 is 0 Å². The van der Waals surface area contributed by atoms with Gasteiger partial charge in [0.2, 0.25) is 5.91 Å². The molecule has 0 aliphatic carbocycles. The second-order valence-corrected chi connectivity index (χ2v) is 11.2. The summed E-state index contributed by atoms with van der Waals surface area (Å²) in [4.78, 5) is 45.9. The molecule has 2 aliphatic heterocycles. The van der Waals surface area contributed by atoms with Gasteiger partial charge in [0.1, 0.15) is 0 Å². The van der Waals surface area contributed by atoms with E-state index in [0.29, 0.717) is 34.9 Å². The molecule has 1 saturated heterocycles. The number of hydrogen-bond acceptors (Lipinski definition) is 5. The maximum atomic E-state index is 13.5. The van der Waals surface area contributed by atoms with Gasteiger partial charge in [0.05, 0.1) is 18.7 Å². The molecule has 0 aromatic heterocycles. The van der Waals surface area contributed by atoms with E-state index in [1.165, 1.54) is 5.56 Å². The van der Waals surface area contributed by atoms with E-state index in [-0.39, 0.29) is 31.4 Å². The fourth-order valence-corrected chi connectivity index (χ4v) is 6.00. The Balaban J connectivity index is 1.31. The molecular formula is C34H36ClN3O4. The van der Waals surface area contributed by atoms with Crippen molar-refractivity contribution in [2.24, 2.45) is 0 Å². The number of hydrogen-bond donors (Lipinski definition) is 0. The van der Waals surface area contributed by atoms with Crippen LogP contribution in [-0.4, -0.2) is 65.3 Å². The van der Waals surface area contributed by atoms with Crippen molar-refractivity contribution in [1.82, 2.24) is 14.7 Å². The van der Waals surface area contributed by atoms with Gasteiger partial charge in [-0.25, -0.2) is 4.79 Å². The standard InChI is InChI=1S/C34H36ClN3O4/c1-3-42-34(41)32-24(2)38(31(39)21-30(32)27-12-8-14-29(35)20-27)23-26-11-7-13-28(19-26)33(40)37-17-15-36(16-18-37)22-25-9-5-4-6-10-25/h4-14,19-20,30H,3,15-18,21-23H2,1-2H3. The van der Waals surface area contributed by atoms with Crippen LogP contribution in [-0.2, 0) is 27.4 Å². The number of amides is 2. The average molecular weight is 586 g/mol.